The van der Waals surface area contributed by atoms with Gasteiger partial charge in [0.1, 0.15) is 0 Å². The van der Waals surface area contributed by atoms with Crippen molar-refractivity contribution < 1.29 is 4.79 Å². The lowest BCUT2D eigenvalue weighted by atomic mass is 10.1. The molecule has 2 aromatic rings. The molecule has 2 rings (SSSR count). The van der Waals surface area contributed by atoms with E-state index in [-0.39, 0.29) is 5.91 Å². The van der Waals surface area contributed by atoms with Crippen LogP contribution in [0.3, 0.4) is 0 Å². The van der Waals surface area contributed by atoms with Crippen LogP contribution in [0, 0.1) is 0 Å². The van der Waals surface area contributed by atoms with Gasteiger partial charge in [-0.05, 0) is 24.6 Å². The quantitative estimate of drug-likeness (QED) is 0.672. The number of carbonyl (C=O) groups excluding carboxylic acids is 1. The standard InChI is InChI=1S/C18H18N2O/c1-2-3-4-8-18(21)20-14-15-9-11-16(12-10-15)17-7-5-6-13-19-17/h2-13H,14H2,1H3,(H,20,21)/b3-2+,8-4+. The fraction of sp³-hybridized carbons (Fsp3) is 0.111. The Kier molecular flexibility index (Phi) is 5.47. The van der Waals surface area contributed by atoms with Gasteiger partial charge in [-0.25, -0.2) is 0 Å². The molecule has 0 bridgehead atoms. The Morgan fingerprint density at radius 1 is 1.14 bits per heavy atom. The van der Waals surface area contributed by atoms with Crippen LogP contribution in [-0.2, 0) is 11.3 Å². The highest BCUT2D eigenvalue weighted by Crippen LogP contribution is 2.16. The molecule has 0 fully saturated rings. The SMILES string of the molecule is C/C=C/C=C/C(=O)NCc1ccc(-c2ccccn2)cc1. The van der Waals surface area contributed by atoms with E-state index >= 15 is 0 Å². The molecule has 3 heteroatoms. The number of pyridine rings is 1. The summed E-state index contributed by atoms with van der Waals surface area (Å²) in [7, 11) is 0. The molecular formula is C18H18N2O. The van der Waals surface area contributed by atoms with Crippen LogP contribution in [0.5, 0.6) is 0 Å². The lowest BCUT2D eigenvalue weighted by Crippen LogP contribution is -2.20. The topological polar surface area (TPSA) is 42.0 Å². The minimum absolute atomic E-state index is 0.0955. The third-order valence-electron chi connectivity index (χ3n) is 2.93. The first-order chi connectivity index (χ1) is 10.3. The normalized spacial score (nSPS) is 11.1. The molecule has 1 aromatic carbocycles. The van der Waals surface area contributed by atoms with Gasteiger partial charge in [-0.15, -0.1) is 0 Å². The van der Waals surface area contributed by atoms with Crippen molar-refractivity contribution in [1.29, 1.82) is 0 Å². The first kappa shape index (κ1) is 14.7. The minimum atomic E-state index is -0.0955. The smallest absolute Gasteiger partial charge is 0.244 e. The van der Waals surface area contributed by atoms with Crippen molar-refractivity contribution in [1.82, 2.24) is 10.3 Å². The number of nitrogens with one attached hydrogen (secondary N) is 1. The van der Waals surface area contributed by atoms with Gasteiger partial charge in [-0.1, -0.05) is 48.6 Å². The van der Waals surface area contributed by atoms with Gasteiger partial charge in [0.25, 0.3) is 0 Å². The van der Waals surface area contributed by atoms with E-state index in [9.17, 15) is 4.79 Å². The van der Waals surface area contributed by atoms with E-state index in [1.54, 1.807) is 12.3 Å². The Balaban J connectivity index is 1.93. The maximum absolute atomic E-state index is 11.5. The summed E-state index contributed by atoms with van der Waals surface area (Å²) in [6.45, 7) is 2.42. The molecule has 106 valence electrons. The van der Waals surface area contributed by atoms with E-state index in [2.05, 4.69) is 10.3 Å². The summed E-state index contributed by atoms with van der Waals surface area (Å²) >= 11 is 0. The number of nitrogens with zero attached hydrogens (tertiary/aromatic N) is 1. The zero-order chi connectivity index (χ0) is 14.9. The zero-order valence-corrected chi connectivity index (χ0v) is 12.0. The van der Waals surface area contributed by atoms with Crippen LogP contribution in [-0.4, -0.2) is 10.9 Å². The molecule has 21 heavy (non-hydrogen) atoms. The van der Waals surface area contributed by atoms with Gasteiger partial charge < -0.3 is 5.32 Å². The predicted molar refractivity (Wildman–Crippen MR) is 85.5 cm³/mol. The fourth-order valence-electron chi connectivity index (χ4n) is 1.83. The summed E-state index contributed by atoms with van der Waals surface area (Å²) in [5.74, 6) is -0.0955. The Morgan fingerprint density at radius 2 is 1.95 bits per heavy atom. The molecule has 1 heterocycles. The van der Waals surface area contributed by atoms with E-state index in [0.717, 1.165) is 16.8 Å². The lowest BCUT2D eigenvalue weighted by molar-refractivity contribution is -0.116. The molecule has 0 aliphatic heterocycles. The largest absolute Gasteiger partial charge is 0.348 e. The van der Waals surface area contributed by atoms with Crippen LogP contribution in [0.25, 0.3) is 11.3 Å². The highest BCUT2D eigenvalue weighted by molar-refractivity contribution is 5.87. The Morgan fingerprint density at radius 3 is 2.62 bits per heavy atom. The Labute approximate surface area is 125 Å². The lowest BCUT2D eigenvalue weighted by Gasteiger charge is -2.04. The maximum Gasteiger partial charge on any atom is 0.244 e. The van der Waals surface area contributed by atoms with Gasteiger partial charge in [0, 0.05) is 24.4 Å². The molecule has 0 radical (unpaired) electrons. The van der Waals surface area contributed by atoms with Crippen LogP contribution in [0.1, 0.15) is 12.5 Å². The Hall–Kier alpha value is -2.68. The van der Waals surface area contributed by atoms with Gasteiger partial charge in [-0.2, -0.15) is 0 Å². The number of hydrogen-bond acceptors (Lipinski definition) is 2. The van der Waals surface area contributed by atoms with Crippen molar-refractivity contribution >= 4 is 5.91 Å². The average molecular weight is 278 g/mol. The number of carbonyl (C=O) groups is 1. The third-order valence-corrected chi connectivity index (χ3v) is 2.93. The maximum atomic E-state index is 11.5. The van der Waals surface area contributed by atoms with Crippen molar-refractivity contribution in [3.63, 3.8) is 0 Å². The van der Waals surface area contributed by atoms with Gasteiger partial charge >= 0.3 is 0 Å². The molecule has 0 saturated heterocycles. The van der Waals surface area contributed by atoms with Crippen LogP contribution in [0.2, 0.25) is 0 Å². The molecule has 0 unspecified atom stereocenters. The van der Waals surface area contributed by atoms with E-state index in [1.165, 1.54) is 6.08 Å². The summed E-state index contributed by atoms with van der Waals surface area (Å²) in [5.41, 5.74) is 3.07. The monoisotopic (exact) mass is 278 g/mol. The highest BCUT2D eigenvalue weighted by Gasteiger charge is 1.99. The zero-order valence-electron chi connectivity index (χ0n) is 12.0. The molecular weight excluding hydrogens is 260 g/mol. The number of aromatic nitrogens is 1. The van der Waals surface area contributed by atoms with E-state index in [1.807, 2.05) is 61.5 Å². The van der Waals surface area contributed by atoms with E-state index < -0.39 is 0 Å². The van der Waals surface area contributed by atoms with Crippen LogP contribution in [0.4, 0.5) is 0 Å². The van der Waals surface area contributed by atoms with Gasteiger partial charge in [0.15, 0.2) is 0 Å². The summed E-state index contributed by atoms with van der Waals surface area (Å²) in [4.78, 5) is 15.8. The number of allylic oxidation sites excluding steroid dienone is 3. The third kappa shape index (κ3) is 4.73. The molecule has 0 atom stereocenters. The van der Waals surface area contributed by atoms with Crippen LogP contribution < -0.4 is 5.32 Å². The minimum Gasteiger partial charge on any atom is -0.348 e. The number of rotatable bonds is 5. The van der Waals surface area contributed by atoms with Gasteiger partial charge in [-0.3, -0.25) is 9.78 Å². The molecule has 0 aliphatic carbocycles. The van der Waals surface area contributed by atoms with Crippen molar-refractivity contribution in [2.75, 3.05) is 0 Å². The summed E-state index contributed by atoms with van der Waals surface area (Å²) < 4.78 is 0. The molecule has 1 amide bonds. The van der Waals surface area contributed by atoms with Crippen molar-refractivity contribution in [3.05, 3.63) is 78.5 Å². The average Bonchev–Trinajstić information content (AvgIpc) is 2.54. The molecule has 0 saturated carbocycles. The Bertz CT molecular complexity index is 628. The molecule has 3 nitrogen and oxygen atoms in total. The summed E-state index contributed by atoms with van der Waals surface area (Å²) in [6, 6.07) is 13.9. The van der Waals surface area contributed by atoms with E-state index in [4.69, 9.17) is 0 Å². The summed E-state index contributed by atoms with van der Waals surface area (Å²) in [6.07, 6.45) is 8.71. The first-order valence-electron chi connectivity index (χ1n) is 6.87. The second-order valence-corrected chi connectivity index (χ2v) is 4.51. The number of amides is 1. The van der Waals surface area contributed by atoms with E-state index in [0.29, 0.717) is 6.54 Å². The van der Waals surface area contributed by atoms with Gasteiger partial charge in [0.2, 0.25) is 5.91 Å². The highest BCUT2D eigenvalue weighted by atomic mass is 16.1. The van der Waals surface area contributed by atoms with Crippen LogP contribution >= 0.6 is 0 Å². The fourth-order valence-corrected chi connectivity index (χ4v) is 1.83. The molecule has 0 aliphatic rings. The van der Waals surface area contributed by atoms with Crippen molar-refractivity contribution in [2.24, 2.45) is 0 Å². The number of benzene rings is 1. The summed E-state index contributed by atoms with van der Waals surface area (Å²) in [5, 5.41) is 2.84. The second kappa shape index (κ2) is 7.80. The molecule has 1 aromatic heterocycles. The van der Waals surface area contributed by atoms with Crippen molar-refractivity contribution in [2.45, 2.75) is 13.5 Å². The molecule has 0 spiro atoms. The van der Waals surface area contributed by atoms with Crippen molar-refractivity contribution in [3.8, 4) is 11.3 Å². The second-order valence-electron chi connectivity index (χ2n) is 4.51. The number of hydrogen-bond donors (Lipinski definition) is 1. The van der Waals surface area contributed by atoms with Gasteiger partial charge in [0.05, 0.1) is 5.69 Å². The molecule has 1 N–H and O–H groups in total. The predicted octanol–water partition coefficient (Wildman–Crippen LogP) is 3.50. The van der Waals surface area contributed by atoms with Crippen LogP contribution in [0.15, 0.2) is 73.0 Å². The first-order valence-corrected chi connectivity index (χ1v) is 6.87.